The zero-order valence-electron chi connectivity index (χ0n) is 9.53. The zero-order valence-corrected chi connectivity index (χ0v) is 10.3. The standard InChI is InChI=1S/C10H18N2O3S/c1-6-5-8(6)12-10(15)11-7(9(13)14)3-4-16-2/h6-8H,3-5H2,1-2H3,(H,13,14)(H2,11,12,15). The van der Waals surface area contributed by atoms with E-state index >= 15 is 0 Å². The summed E-state index contributed by atoms with van der Waals surface area (Å²) in [5.74, 6) is 0.255. The van der Waals surface area contributed by atoms with E-state index in [-0.39, 0.29) is 12.1 Å². The number of amides is 2. The van der Waals surface area contributed by atoms with Gasteiger partial charge in [-0.2, -0.15) is 11.8 Å². The molecule has 3 N–H and O–H groups in total. The van der Waals surface area contributed by atoms with Crippen LogP contribution in [0.25, 0.3) is 0 Å². The van der Waals surface area contributed by atoms with Crippen LogP contribution >= 0.6 is 11.8 Å². The minimum absolute atomic E-state index is 0.218. The minimum atomic E-state index is -0.979. The molecule has 0 aliphatic heterocycles. The Kier molecular flexibility index (Phi) is 4.92. The van der Waals surface area contributed by atoms with Gasteiger partial charge in [-0.15, -0.1) is 0 Å². The summed E-state index contributed by atoms with van der Waals surface area (Å²) in [6.07, 6.45) is 3.34. The number of carbonyl (C=O) groups is 2. The Hall–Kier alpha value is -0.910. The number of urea groups is 1. The average molecular weight is 246 g/mol. The molecule has 1 aliphatic rings. The van der Waals surface area contributed by atoms with Crippen molar-refractivity contribution in [2.45, 2.75) is 31.8 Å². The van der Waals surface area contributed by atoms with Crippen LogP contribution in [-0.2, 0) is 4.79 Å². The molecule has 6 heteroatoms. The lowest BCUT2D eigenvalue weighted by Gasteiger charge is -2.14. The second-order valence-corrected chi connectivity index (χ2v) is 5.10. The van der Waals surface area contributed by atoms with Gasteiger partial charge in [0.1, 0.15) is 6.04 Å². The van der Waals surface area contributed by atoms with E-state index < -0.39 is 12.0 Å². The molecule has 0 saturated heterocycles. The molecule has 0 aromatic carbocycles. The Balaban J connectivity index is 2.29. The summed E-state index contributed by atoms with van der Waals surface area (Å²) >= 11 is 1.57. The molecule has 1 rings (SSSR count). The van der Waals surface area contributed by atoms with Crippen molar-refractivity contribution in [3.05, 3.63) is 0 Å². The highest BCUT2D eigenvalue weighted by molar-refractivity contribution is 7.98. The van der Waals surface area contributed by atoms with Gasteiger partial charge in [-0.1, -0.05) is 6.92 Å². The van der Waals surface area contributed by atoms with Crippen LogP contribution in [0, 0.1) is 5.92 Å². The summed E-state index contributed by atoms with van der Waals surface area (Å²) in [5, 5.41) is 14.1. The first-order valence-corrected chi connectivity index (χ1v) is 6.72. The van der Waals surface area contributed by atoms with Crippen LogP contribution in [0.5, 0.6) is 0 Å². The summed E-state index contributed by atoms with van der Waals surface area (Å²) < 4.78 is 0. The SMILES string of the molecule is CSCCC(NC(=O)NC1CC1C)C(=O)O. The van der Waals surface area contributed by atoms with Crippen LogP contribution in [0.1, 0.15) is 19.8 Å². The van der Waals surface area contributed by atoms with Gasteiger partial charge in [0.15, 0.2) is 0 Å². The Morgan fingerprint density at radius 2 is 2.19 bits per heavy atom. The molecular formula is C10H18N2O3S. The van der Waals surface area contributed by atoms with Crippen molar-refractivity contribution in [3.8, 4) is 0 Å². The third-order valence-electron chi connectivity index (χ3n) is 2.64. The van der Waals surface area contributed by atoms with Gasteiger partial charge in [0, 0.05) is 6.04 Å². The fourth-order valence-electron chi connectivity index (χ4n) is 1.38. The number of rotatable bonds is 6. The maximum absolute atomic E-state index is 11.4. The normalized spacial score (nSPS) is 24.6. The Bertz CT molecular complexity index is 273. The quantitative estimate of drug-likeness (QED) is 0.650. The second kappa shape index (κ2) is 5.98. The predicted molar refractivity (Wildman–Crippen MR) is 63.7 cm³/mol. The van der Waals surface area contributed by atoms with Crippen LogP contribution in [0.3, 0.4) is 0 Å². The number of nitrogens with one attached hydrogen (secondary N) is 2. The number of hydrogen-bond acceptors (Lipinski definition) is 3. The van der Waals surface area contributed by atoms with Crippen LogP contribution in [0.2, 0.25) is 0 Å². The van der Waals surface area contributed by atoms with E-state index in [0.29, 0.717) is 12.3 Å². The highest BCUT2D eigenvalue weighted by Crippen LogP contribution is 2.28. The van der Waals surface area contributed by atoms with Crippen molar-refractivity contribution in [3.63, 3.8) is 0 Å². The lowest BCUT2D eigenvalue weighted by Crippen LogP contribution is -2.47. The van der Waals surface area contributed by atoms with Crippen LogP contribution in [0.4, 0.5) is 4.79 Å². The molecule has 0 spiro atoms. The number of thioether (sulfide) groups is 1. The van der Waals surface area contributed by atoms with Crippen LogP contribution < -0.4 is 10.6 Å². The molecule has 0 bridgehead atoms. The molecule has 1 fully saturated rings. The number of carboxylic acids is 1. The molecule has 3 atom stereocenters. The highest BCUT2D eigenvalue weighted by atomic mass is 32.2. The van der Waals surface area contributed by atoms with Gasteiger partial charge < -0.3 is 15.7 Å². The number of carbonyl (C=O) groups excluding carboxylic acids is 1. The molecule has 0 heterocycles. The lowest BCUT2D eigenvalue weighted by molar-refractivity contribution is -0.139. The summed E-state index contributed by atoms with van der Waals surface area (Å²) in [5.41, 5.74) is 0. The van der Waals surface area contributed by atoms with E-state index in [1.54, 1.807) is 11.8 Å². The van der Waals surface area contributed by atoms with E-state index in [4.69, 9.17) is 5.11 Å². The van der Waals surface area contributed by atoms with Crippen molar-refractivity contribution in [1.29, 1.82) is 0 Å². The summed E-state index contributed by atoms with van der Waals surface area (Å²) in [7, 11) is 0. The van der Waals surface area contributed by atoms with Gasteiger partial charge >= 0.3 is 12.0 Å². The predicted octanol–water partition coefficient (Wildman–Crippen LogP) is 0.900. The number of aliphatic carboxylic acids is 1. The summed E-state index contributed by atoms with van der Waals surface area (Å²) in [6.45, 7) is 2.05. The molecule has 3 unspecified atom stereocenters. The fraction of sp³-hybridized carbons (Fsp3) is 0.800. The van der Waals surface area contributed by atoms with Gasteiger partial charge in [0.2, 0.25) is 0 Å². The smallest absolute Gasteiger partial charge is 0.326 e. The van der Waals surface area contributed by atoms with Gasteiger partial charge in [-0.25, -0.2) is 9.59 Å². The maximum Gasteiger partial charge on any atom is 0.326 e. The molecule has 1 saturated carbocycles. The summed E-state index contributed by atoms with van der Waals surface area (Å²) in [6, 6.07) is -0.945. The molecule has 92 valence electrons. The average Bonchev–Trinajstić information content (AvgIpc) is 2.88. The van der Waals surface area contributed by atoms with Crippen molar-refractivity contribution in [2.24, 2.45) is 5.92 Å². The molecule has 0 radical (unpaired) electrons. The van der Waals surface area contributed by atoms with Crippen molar-refractivity contribution >= 4 is 23.8 Å². The van der Waals surface area contributed by atoms with E-state index in [1.807, 2.05) is 13.2 Å². The van der Waals surface area contributed by atoms with E-state index in [1.165, 1.54) is 0 Å². The van der Waals surface area contributed by atoms with Gasteiger partial charge in [0.05, 0.1) is 0 Å². The Morgan fingerprint density at radius 1 is 1.56 bits per heavy atom. The van der Waals surface area contributed by atoms with Gasteiger partial charge in [-0.05, 0) is 30.8 Å². The number of hydrogen-bond donors (Lipinski definition) is 3. The molecular weight excluding hydrogens is 228 g/mol. The Labute approximate surface area is 99.4 Å². The largest absolute Gasteiger partial charge is 0.480 e. The first-order valence-electron chi connectivity index (χ1n) is 5.33. The second-order valence-electron chi connectivity index (χ2n) is 4.11. The highest BCUT2D eigenvalue weighted by Gasteiger charge is 2.34. The third kappa shape index (κ3) is 4.30. The van der Waals surface area contributed by atoms with Crippen molar-refractivity contribution < 1.29 is 14.7 Å². The van der Waals surface area contributed by atoms with E-state index in [0.717, 1.165) is 12.2 Å². The van der Waals surface area contributed by atoms with Gasteiger partial charge in [0.25, 0.3) is 0 Å². The van der Waals surface area contributed by atoms with Crippen LogP contribution in [0.15, 0.2) is 0 Å². The van der Waals surface area contributed by atoms with Crippen molar-refractivity contribution in [1.82, 2.24) is 10.6 Å². The van der Waals surface area contributed by atoms with E-state index in [2.05, 4.69) is 10.6 Å². The Morgan fingerprint density at radius 3 is 2.62 bits per heavy atom. The van der Waals surface area contributed by atoms with Crippen LogP contribution in [-0.4, -0.2) is 41.2 Å². The number of carboxylic acid groups (broad SMARTS) is 1. The van der Waals surface area contributed by atoms with E-state index in [9.17, 15) is 9.59 Å². The first kappa shape index (κ1) is 13.2. The van der Waals surface area contributed by atoms with Crippen molar-refractivity contribution in [2.75, 3.05) is 12.0 Å². The lowest BCUT2D eigenvalue weighted by atomic mass is 10.2. The van der Waals surface area contributed by atoms with Gasteiger partial charge in [-0.3, -0.25) is 0 Å². The zero-order chi connectivity index (χ0) is 12.1. The molecule has 1 aliphatic carbocycles. The monoisotopic (exact) mass is 246 g/mol. The molecule has 16 heavy (non-hydrogen) atoms. The first-order chi connectivity index (χ1) is 7.54. The third-order valence-corrected chi connectivity index (χ3v) is 3.28. The minimum Gasteiger partial charge on any atom is -0.480 e. The summed E-state index contributed by atoms with van der Waals surface area (Å²) in [4.78, 5) is 22.3. The molecule has 5 nitrogen and oxygen atoms in total. The molecule has 0 aromatic heterocycles. The molecule has 2 amide bonds. The maximum atomic E-state index is 11.4. The fourth-order valence-corrected chi connectivity index (χ4v) is 1.86. The topological polar surface area (TPSA) is 78.4 Å². The molecule has 0 aromatic rings.